The Morgan fingerprint density at radius 3 is 2.33 bits per heavy atom. The molecule has 4 rings (SSSR count). The Morgan fingerprint density at radius 2 is 1.61 bits per heavy atom. The topological polar surface area (TPSA) is 60.5 Å². The molecule has 5 nitrogen and oxygen atoms in total. The van der Waals surface area contributed by atoms with Crippen molar-refractivity contribution in [1.82, 2.24) is 4.98 Å². The molecule has 0 spiro atoms. The van der Waals surface area contributed by atoms with Gasteiger partial charge in [0.1, 0.15) is 19.0 Å². The minimum absolute atomic E-state index is 0.0499. The number of rotatable bonds is 7. The van der Waals surface area contributed by atoms with Crippen LogP contribution < -0.4 is 10.1 Å². The number of ether oxygens (including phenoxy) is 2. The van der Waals surface area contributed by atoms with Crippen molar-refractivity contribution in [1.29, 1.82) is 0 Å². The van der Waals surface area contributed by atoms with Gasteiger partial charge in [-0.1, -0.05) is 68.4 Å². The Labute approximate surface area is 194 Å². The molecule has 0 radical (unpaired) electrons. The van der Waals surface area contributed by atoms with Crippen LogP contribution in [0.4, 0.5) is 10.5 Å². The molecule has 0 atom stereocenters. The molecule has 0 aliphatic heterocycles. The molecule has 5 heteroatoms. The highest BCUT2D eigenvalue weighted by atomic mass is 16.5. The Balaban J connectivity index is 1.49. The quantitative estimate of drug-likeness (QED) is 0.336. The van der Waals surface area contributed by atoms with Gasteiger partial charge in [0.15, 0.2) is 0 Å². The Kier molecular flexibility index (Phi) is 6.89. The predicted octanol–water partition coefficient (Wildman–Crippen LogP) is 6.99. The summed E-state index contributed by atoms with van der Waals surface area (Å²) in [5.74, 6) is 1.19. The second-order valence-electron chi connectivity index (χ2n) is 8.28. The van der Waals surface area contributed by atoms with E-state index >= 15 is 0 Å². The van der Waals surface area contributed by atoms with Crippen LogP contribution >= 0.6 is 0 Å². The van der Waals surface area contributed by atoms with Gasteiger partial charge in [-0.15, -0.1) is 0 Å². The van der Waals surface area contributed by atoms with Crippen molar-refractivity contribution in [3.63, 3.8) is 0 Å². The Bertz CT molecular complexity index is 1240. The maximum atomic E-state index is 12.4. The Hall–Kier alpha value is -3.86. The van der Waals surface area contributed by atoms with Crippen molar-refractivity contribution in [2.24, 2.45) is 0 Å². The van der Waals surface area contributed by atoms with Gasteiger partial charge >= 0.3 is 6.09 Å². The summed E-state index contributed by atoms with van der Waals surface area (Å²) in [6, 6.07) is 25.6. The van der Waals surface area contributed by atoms with Crippen molar-refractivity contribution in [3.8, 4) is 5.75 Å². The largest absolute Gasteiger partial charge is 0.488 e. The second kappa shape index (κ2) is 10.2. The van der Waals surface area contributed by atoms with Crippen LogP contribution in [0.15, 0.2) is 78.9 Å². The van der Waals surface area contributed by atoms with Crippen molar-refractivity contribution < 1.29 is 14.3 Å². The maximum Gasteiger partial charge on any atom is 0.412 e. The zero-order valence-electron chi connectivity index (χ0n) is 19.2. The molecular formula is C28H28N2O3. The van der Waals surface area contributed by atoms with E-state index in [1.165, 1.54) is 5.56 Å². The van der Waals surface area contributed by atoms with Gasteiger partial charge in [0.05, 0.1) is 11.2 Å². The molecule has 0 unspecified atom stereocenters. The van der Waals surface area contributed by atoms with Crippen molar-refractivity contribution in [3.05, 3.63) is 101 Å². The molecular weight excluding hydrogens is 412 g/mol. The number of anilines is 1. The first-order chi connectivity index (χ1) is 16.0. The van der Waals surface area contributed by atoms with Gasteiger partial charge in [-0.2, -0.15) is 0 Å². The van der Waals surface area contributed by atoms with E-state index in [9.17, 15) is 4.79 Å². The first-order valence-corrected chi connectivity index (χ1v) is 11.1. The Morgan fingerprint density at radius 1 is 0.909 bits per heavy atom. The number of pyridine rings is 1. The molecule has 33 heavy (non-hydrogen) atoms. The van der Waals surface area contributed by atoms with Gasteiger partial charge in [-0.25, -0.2) is 9.78 Å². The van der Waals surface area contributed by atoms with Gasteiger partial charge in [0.2, 0.25) is 0 Å². The SMILES string of the molecule is Cc1c(COC(=O)Nc2ccc(C(C)C)cc2)nc2ccccc2c1OCc1ccccc1. The maximum absolute atomic E-state index is 12.4. The molecule has 0 fully saturated rings. The van der Waals surface area contributed by atoms with Crippen molar-refractivity contribution in [2.45, 2.75) is 39.9 Å². The smallest absolute Gasteiger partial charge is 0.412 e. The van der Waals surface area contributed by atoms with E-state index in [4.69, 9.17) is 14.5 Å². The van der Waals surface area contributed by atoms with Gasteiger partial charge in [-0.05, 0) is 48.2 Å². The third-order valence-corrected chi connectivity index (χ3v) is 5.57. The molecule has 1 aromatic heterocycles. The van der Waals surface area contributed by atoms with Crippen LogP contribution in [0.25, 0.3) is 10.9 Å². The molecule has 3 aromatic carbocycles. The van der Waals surface area contributed by atoms with E-state index in [2.05, 4.69) is 19.2 Å². The van der Waals surface area contributed by atoms with E-state index in [0.29, 0.717) is 23.9 Å². The molecule has 4 aromatic rings. The van der Waals surface area contributed by atoms with Crippen molar-refractivity contribution in [2.75, 3.05) is 5.32 Å². The zero-order valence-corrected chi connectivity index (χ0v) is 19.2. The molecule has 0 saturated carbocycles. The molecule has 0 aliphatic carbocycles. The summed E-state index contributed by atoms with van der Waals surface area (Å²) < 4.78 is 11.7. The standard InChI is InChI=1S/C28H28N2O3/c1-19(2)22-13-15-23(16-14-22)29-28(31)33-18-26-20(3)27(24-11-7-8-12-25(24)30-26)32-17-21-9-5-4-6-10-21/h4-16,19H,17-18H2,1-3H3,(H,29,31). The summed E-state index contributed by atoms with van der Waals surface area (Å²) in [5.41, 5.74) is 5.32. The van der Waals surface area contributed by atoms with Gasteiger partial charge in [-0.3, -0.25) is 5.32 Å². The minimum atomic E-state index is -0.520. The lowest BCUT2D eigenvalue weighted by molar-refractivity contribution is 0.153. The average Bonchev–Trinajstić information content (AvgIpc) is 2.83. The number of hydrogen-bond donors (Lipinski definition) is 1. The summed E-state index contributed by atoms with van der Waals surface area (Å²) in [6.07, 6.45) is -0.520. The van der Waals surface area contributed by atoms with Crippen LogP contribution in [-0.2, 0) is 18.0 Å². The predicted molar refractivity (Wildman–Crippen MR) is 132 cm³/mol. The fourth-order valence-electron chi connectivity index (χ4n) is 3.62. The van der Waals surface area contributed by atoms with Gasteiger partial charge in [0.25, 0.3) is 0 Å². The number of aromatic nitrogens is 1. The number of hydrogen-bond acceptors (Lipinski definition) is 4. The van der Waals surface area contributed by atoms with Gasteiger partial charge < -0.3 is 9.47 Å². The van der Waals surface area contributed by atoms with E-state index in [0.717, 1.165) is 27.8 Å². The number of nitrogens with one attached hydrogen (secondary N) is 1. The van der Waals surface area contributed by atoms with Crippen LogP contribution in [0, 0.1) is 6.92 Å². The van der Waals surface area contributed by atoms with Crippen LogP contribution in [-0.4, -0.2) is 11.1 Å². The van der Waals surface area contributed by atoms with Crippen molar-refractivity contribution >= 4 is 22.7 Å². The molecule has 0 bridgehead atoms. The molecule has 168 valence electrons. The lowest BCUT2D eigenvalue weighted by Gasteiger charge is -2.16. The fourth-order valence-corrected chi connectivity index (χ4v) is 3.62. The number of para-hydroxylation sites is 1. The molecule has 1 N–H and O–H groups in total. The monoisotopic (exact) mass is 440 g/mol. The number of carbonyl (C=O) groups is 1. The fraction of sp³-hybridized carbons (Fsp3) is 0.214. The number of carbonyl (C=O) groups excluding carboxylic acids is 1. The lowest BCUT2D eigenvalue weighted by atomic mass is 10.0. The van der Waals surface area contributed by atoms with Crippen LogP contribution in [0.1, 0.15) is 42.1 Å². The van der Waals surface area contributed by atoms with E-state index in [1.54, 1.807) is 0 Å². The highest BCUT2D eigenvalue weighted by Gasteiger charge is 2.15. The highest BCUT2D eigenvalue weighted by molar-refractivity contribution is 5.87. The molecule has 1 amide bonds. The second-order valence-corrected chi connectivity index (χ2v) is 8.28. The molecule has 0 aliphatic rings. The third kappa shape index (κ3) is 5.50. The van der Waals surface area contributed by atoms with Gasteiger partial charge in [0, 0.05) is 16.6 Å². The first-order valence-electron chi connectivity index (χ1n) is 11.1. The number of benzene rings is 3. The summed E-state index contributed by atoms with van der Waals surface area (Å²) in [4.78, 5) is 17.1. The van der Waals surface area contributed by atoms with Crippen LogP contribution in [0.2, 0.25) is 0 Å². The van der Waals surface area contributed by atoms with Crippen LogP contribution in [0.3, 0.4) is 0 Å². The average molecular weight is 441 g/mol. The van der Waals surface area contributed by atoms with E-state index in [1.807, 2.05) is 85.8 Å². The molecule has 1 heterocycles. The number of nitrogens with zero attached hydrogens (tertiary/aromatic N) is 1. The lowest BCUT2D eigenvalue weighted by Crippen LogP contribution is -2.14. The van der Waals surface area contributed by atoms with Crippen LogP contribution in [0.5, 0.6) is 5.75 Å². The summed E-state index contributed by atoms with van der Waals surface area (Å²) >= 11 is 0. The van der Waals surface area contributed by atoms with E-state index in [-0.39, 0.29) is 6.61 Å². The summed E-state index contributed by atoms with van der Waals surface area (Å²) in [6.45, 7) is 6.71. The summed E-state index contributed by atoms with van der Waals surface area (Å²) in [5, 5.41) is 3.71. The normalized spacial score (nSPS) is 10.9. The van der Waals surface area contributed by atoms with E-state index < -0.39 is 6.09 Å². The molecule has 0 saturated heterocycles. The minimum Gasteiger partial charge on any atom is -0.488 e. The first kappa shape index (κ1) is 22.3. The summed E-state index contributed by atoms with van der Waals surface area (Å²) in [7, 11) is 0. The number of fused-ring (bicyclic) bond motifs is 1. The zero-order chi connectivity index (χ0) is 23.2. The highest BCUT2D eigenvalue weighted by Crippen LogP contribution is 2.31. The third-order valence-electron chi connectivity index (χ3n) is 5.57. The number of amides is 1.